The molecular weight excluding hydrogens is 352 g/mol. The summed E-state index contributed by atoms with van der Waals surface area (Å²) >= 11 is 3.34. The molecule has 2 aromatic rings. The van der Waals surface area contributed by atoms with Gasteiger partial charge in [0, 0.05) is 22.3 Å². The van der Waals surface area contributed by atoms with E-state index in [9.17, 15) is 9.59 Å². The molecule has 0 bridgehead atoms. The van der Waals surface area contributed by atoms with Gasteiger partial charge in [0.25, 0.3) is 0 Å². The number of hydrogen-bond donors (Lipinski definition) is 1. The van der Waals surface area contributed by atoms with Gasteiger partial charge in [0.05, 0.1) is 12.3 Å². The molecule has 0 radical (unpaired) electrons. The number of hydrogen-bond acceptors (Lipinski definition) is 4. The number of ether oxygens (including phenoxy) is 1. The second-order valence-corrected chi connectivity index (χ2v) is 5.16. The number of nitrogens with zero attached hydrogens (tertiary/aromatic N) is 2. The van der Waals surface area contributed by atoms with Crippen molar-refractivity contribution >= 4 is 33.9 Å². The van der Waals surface area contributed by atoms with E-state index in [1.165, 1.54) is 10.8 Å². The second kappa shape index (κ2) is 7.04. The predicted octanol–water partition coefficient (Wildman–Crippen LogP) is 2.91. The van der Waals surface area contributed by atoms with Crippen LogP contribution in [0.25, 0.3) is 11.8 Å². The number of benzene rings is 1. The summed E-state index contributed by atoms with van der Waals surface area (Å²) in [4.78, 5) is 22.6. The number of esters is 1. The van der Waals surface area contributed by atoms with E-state index in [0.29, 0.717) is 5.56 Å². The molecule has 2 rings (SSSR count). The Morgan fingerprint density at radius 2 is 2.05 bits per heavy atom. The molecule has 0 unspecified atom stereocenters. The molecule has 0 aliphatic heterocycles. The zero-order valence-corrected chi connectivity index (χ0v) is 13.3. The van der Waals surface area contributed by atoms with Crippen LogP contribution in [0.15, 0.2) is 41.0 Å². The molecule has 0 fully saturated rings. The van der Waals surface area contributed by atoms with Crippen LogP contribution in [0.3, 0.4) is 0 Å². The maximum Gasteiger partial charge on any atom is 0.359 e. The van der Waals surface area contributed by atoms with Crippen molar-refractivity contribution in [3.05, 3.63) is 52.3 Å². The predicted molar refractivity (Wildman–Crippen MR) is 83.9 cm³/mol. The monoisotopic (exact) mass is 364 g/mol. The van der Waals surface area contributed by atoms with Crippen LogP contribution in [0.5, 0.6) is 0 Å². The van der Waals surface area contributed by atoms with Crippen molar-refractivity contribution in [3.8, 4) is 5.69 Å². The molecule has 1 aromatic carbocycles. The molecule has 0 spiro atoms. The lowest BCUT2D eigenvalue weighted by molar-refractivity contribution is -0.131. The standard InChI is InChI=1S/C15H13BrN2O4/c1-2-22-15(21)14-10(3-8-13(19)20)9-18(17-14)12-6-4-11(16)5-7-12/h3-9H,2H2,1H3,(H,19,20)/b8-3+. The van der Waals surface area contributed by atoms with Crippen LogP contribution < -0.4 is 0 Å². The molecule has 1 N–H and O–H groups in total. The van der Waals surface area contributed by atoms with Crippen molar-refractivity contribution in [2.75, 3.05) is 6.61 Å². The molecule has 0 aliphatic carbocycles. The van der Waals surface area contributed by atoms with E-state index in [1.807, 2.05) is 24.3 Å². The molecule has 0 saturated heterocycles. The van der Waals surface area contributed by atoms with Crippen molar-refractivity contribution in [3.63, 3.8) is 0 Å². The molecule has 0 amide bonds. The Balaban J connectivity index is 2.44. The van der Waals surface area contributed by atoms with Crippen LogP contribution in [0.2, 0.25) is 0 Å². The van der Waals surface area contributed by atoms with Crippen LogP contribution in [-0.2, 0) is 9.53 Å². The van der Waals surface area contributed by atoms with E-state index in [0.717, 1.165) is 16.2 Å². The molecule has 1 heterocycles. The lowest BCUT2D eigenvalue weighted by atomic mass is 10.2. The Bertz CT molecular complexity index is 720. The van der Waals surface area contributed by atoms with E-state index >= 15 is 0 Å². The van der Waals surface area contributed by atoms with Crippen LogP contribution in [0.1, 0.15) is 23.0 Å². The highest BCUT2D eigenvalue weighted by molar-refractivity contribution is 9.10. The minimum atomic E-state index is -1.11. The van der Waals surface area contributed by atoms with Gasteiger partial charge in [-0.25, -0.2) is 14.3 Å². The van der Waals surface area contributed by atoms with E-state index in [1.54, 1.807) is 13.1 Å². The Kier molecular flexibility index (Phi) is 5.11. The minimum Gasteiger partial charge on any atom is -0.478 e. The van der Waals surface area contributed by atoms with Gasteiger partial charge < -0.3 is 9.84 Å². The molecule has 6 nitrogen and oxygen atoms in total. The summed E-state index contributed by atoms with van der Waals surface area (Å²) in [6.45, 7) is 1.91. The van der Waals surface area contributed by atoms with Gasteiger partial charge in [-0.2, -0.15) is 5.10 Å². The first-order valence-corrected chi connectivity index (χ1v) is 7.24. The first-order chi connectivity index (χ1) is 10.5. The fourth-order valence-corrected chi connectivity index (χ4v) is 2.02. The Morgan fingerprint density at radius 1 is 1.36 bits per heavy atom. The first kappa shape index (κ1) is 16.0. The van der Waals surface area contributed by atoms with E-state index < -0.39 is 11.9 Å². The average molecular weight is 365 g/mol. The van der Waals surface area contributed by atoms with Crippen molar-refractivity contribution in [2.45, 2.75) is 6.92 Å². The SMILES string of the molecule is CCOC(=O)c1nn(-c2ccc(Br)cc2)cc1/C=C/C(=O)O. The number of carboxylic acids is 1. The second-order valence-electron chi connectivity index (χ2n) is 4.25. The number of rotatable bonds is 5. The lowest BCUT2D eigenvalue weighted by Gasteiger charge is -2.01. The van der Waals surface area contributed by atoms with Gasteiger partial charge in [-0.05, 0) is 37.3 Å². The molecule has 0 aliphatic rings. The number of carbonyl (C=O) groups excluding carboxylic acids is 1. The highest BCUT2D eigenvalue weighted by Crippen LogP contribution is 2.17. The molecule has 1 aromatic heterocycles. The Labute approximate surface area is 135 Å². The molecule has 0 saturated carbocycles. The van der Waals surface area contributed by atoms with Gasteiger partial charge in [0.2, 0.25) is 0 Å². The zero-order chi connectivity index (χ0) is 16.1. The highest BCUT2D eigenvalue weighted by atomic mass is 79.9. The average Bonchev–Trinajstić information content (AvgIpc) is 2.90. The Hall–Kier alpha value is -2.41. The number of halogens is 1. The van der Waals surface area contributed by atoms with E-state index in [-0.39, 0.29) is 12.3 Å². The fourth-order valence-electron chi connectivity index (χ4n) is 1.75. The van der Waals surface area contributed by atoms with Crippen LogP contribution in [0.4, 0.5) is 0 Å². The summed E-state index contributed by atoms with van der Waals surface area (Å²) in [5.41, 5.74) is 1.19. The summed E-state index contributed by atoms with van der Waals surface area (Å²) in [6.07, 6.45) is 3.84. The van der Waals surface area contributed by atoms with Gasteiger partial charge in [0.1, 0.15) is 0 Å². The third-order valence-corrected chi connectivity index (χ3v) is 3.24. The maximum absolute atomic E-state index is 11.9. The van der Waals surface area contributed by atoms with Gasteiger partial charge in [-0.1, -0.05) is 15.9 Å². The Morgan fingerprint density at radius 3 is 2.64 bits per heavy atom. The first-order valence-electron chi connectivity index (χ1n) is 6.45. The van der Waals surface area contributed by atoms with Gasteiger partial charge in [-0.15, -0.1) is 0 Å². The smallest absolute Gasteiger partial charge is 0.359 e. The van der Waals surface area contributed by atoms with Crippen molar-refractivity contribution in [2.24, 2.45) is 0 Å². The number of carbonyl (C=O) groups is 2. The summed E-state index contributed by atoms with van der Waals surface area (Å²) in [7, 11) is 0. The molecule has 22 heavy (non-hydrogen) atoms. The summed E-state index contributed by atoms with van der Waals surface area (Å²) in [5, 5.41) is 12.9. The third-order valence-electron chi connectivity index (χ3n) is 2.71. The van der Waals surface area contributed by atoms with Gasteiger partial charge >= 0.3 is 11.9 Å². The van der Waals surface area contributed by atoms with Crippen LogP contribution in [0, 0.1) is 0 Å². The molecule has 7 heteroatoms. The van der Waals surface area contributed by atoms with Gasteiger partial charge in [0.15, 0.2) is 5.69 Å². The van der Waals surface area contributed by atoms with Crippen molar-refractivity contribution in [1.29, 1.82) is 0 Å². The van der Waals surface area contributed by atoms with Crippen molar-refractivity contribution in [1.82, 2.24) is 9.78 Å². The molecular formula is C15H13BrN2O4. The normalized spacial score (nSPS) is 10.8. The van der Waals surface area contributed by atoms with Crippen LogP contribution in [-0.4, -0.2) is 33.4 Å². The highest BCUT2D eigenvalue weighted by Gasteiger charge is 2.17. The number of aromatic nitrogens is 2. The van der Waals surface area contributed by atoms with Gasteiger partial charge in [-0.3, -0.25) is 0 Å². The van der Waals surface area contributed by atoms with E-state index in [4.69, 9.17) is 9.84 Å². The largest absolute Gasteiger partial charge is 0.478 e. The maximum atomic E-state index is 11.9. The topological polar surface area (TPSA) is 81.4 Å². The molecule has 0 atom stereocenters. The molecule has 114 valence electrons. The number of carboxylic acid groups (broad SMARTS) is 1. The summed E-state index contributed by atoms with van der Waals surface area (Å²) in [6, 6.07) is 7.31. The quantitative estimate of drug-likeness (QED) is 0.651. The summed E-state index contributed by atoms with van der Waals surface area (Å²) in [5.74, 6) is -1.70. The lowest BCUT2D eigenvalue weighted by Crippen LogP contribution is -2.08. The minimum absolute atomic E-state index is 0.0715. The zero-order valence-electron chi connectivity index (χ0n) is 11.7. The van der Waals surface area contributed by atoms with E-state index in [2.05, 4.69) is 21.0 Å². The fraction of sp³-hybridized carbons (Fsp3) is 0.133. The number of aliphatic carboxylic acids is 1. The van der Waals surface area contributed by atoms with Crippen LogP contribution >= 0.6 is 15.9 Å². The summed E-state index contributed by atoms with van der Waals surface area (Å²) < 4.78 is 7.36. The van der Waals surface area contributed by atoms with Crippen molar-refractivity contribution < 1.29 is 19.4 Å². The third kappa shape index (κ3) is 3.82.